The van der Waals surface area contributed by atoms with Crippen LogP contribution in [0.15, 0.2) is 0 Å². The summed E-state index contributed by atoms with van der Waals surface area (Å²) in [6.45, 7) is 14.5. The first-order valence-corrected chi connectivity index (χ1v) is 8.14. The molecule has 0 bridgehead atoms. The van der Waals surface area contributed by atoms with E-state index in [2.05, 4.69) is 18.7 Å². The van der Waals surface area contributed by atoms with Gasteiger partial charge in [0.15, 0.2) is 0 Å². The molecule has 0 aromatic rings. The van der Waals surface area contributed by atoms with E-state index in [9.17, 15) is 0 Å². The second kappa shape index (κ2) is 8.32. The van der Waals surface area contributed by atoms with Crippen LogP contribution in [0.2, 0.25) is 0 Å². The van der Waals surface area contributed by atoms with Crippen LogP contribution in [0.1, 0.15) is 47.0 Å². The normalized spacial score (nSPS) is 25.5. The summed E-state index contributed by atoms with van der Waals surface area (Å²) < 4.78 is 11.1. The first kappa shape index (κ1) is 17.9. The molecule has 1 saturated carbocycles. The van der Waals surface area contributed by atoms with Crippen LogP contribution in [-0.2, 0) is 9.47 Å². The van der Waals surface area contributed by atoms with E-state index in [-0.39, 0.29) is 11.0 Å². The highest BCUT2D eigenvalue weighted by Crippen LogP contribution is 2.48. The molecular formula is C16H34N2O2. The Morgan fingerprint density at radius 3 is 1.90 bits per heavy atom. The van der Waals surface area contributed by atoms with Gasteiger partial charge in [-0.15, -0.1) is 0 Å². The molecule has 0 aromatic carbocycles. The van der Waals surface area contributed by atoms with Crippen molar-refractivity contribution >= 4 is 0 Å². The van der Waals surface area contributed by atoms with Gasteiger partial charge >= 0.3 is 0 Å². The van der Waals surface area contributed by atoms with Gasteiger partial charge in [-0.3, -0.25) is 4.90 Å². The zero-order valence-corrected chi connectivity index (χ0v) is 13.9. The van der Waals surface area contributed by atoms with Crippen LogP contribution in [0, 0.1) is 5.41 Å². The highest BCUT2D eigenvalue weighted by atomic mass is 16.5. The Balaban J connectivity index is 2.76. The van der Waals surface area contributed by atoms with Crippen molar-refractivity contribution in [3.63, 3.8) is 0 Å². The predicted molar refractivity (Wildman–Crippen MR) is 84.0 cm³/mol. The summed E-state index contributed by atoms with van der Waals surface area (Å²) in [4.78, 5) is 2.53. The molecule has 0 heterocycles. The fourth-order valence-electron chi connectivity index (χ4n) is 3.67. The summed E-state index contributed by atoms with van der Waals surface area (Å²) >= 11 is 0. The zero-order valence-electron chi connectivity index (χ0n) is 13.9. The van der Waals surface area contributed by atoms with Gasteiger partial charge in [-0.1, -0.05) is 20.3 Å². The van der Waals surface area contributed by atoms with Gasteiger partial charge in [-0.2, -0.15) is 0 Å². The highest BCUT2D eigenvalue weighted by molar-refractivity contribution is 5.07. The third-order valence-electron chi connectivity index (χ3n) is 5.01. The van der Waals surface area contributed by atoms with E-state index in [1.165, 1.54) is 19.3 Å². The molecule has 20 heavy (non-hydrogen) atoms. The van der Waals surface area contributed by atoms with E-state index in [0.29, 0.717) is 0 Å². The molecule has 1 fully saturated rings. The molecule has 0 aromatic heterocycles. The van der Waals surface area contributed by atoms with Crippen molar-refractivity contribution in [3.05, 3.63) is 0 Å². The Labute approximate surface area is 125 Å². The van der Waals surface area contributed by atoms with Gasteiger partial charge in [0.2, 0.25) is 0 Å². The van der Waals surface area contributed by atoms with Crippen LogP contribution in [0.25, 0.3) is 0 Å². The zero-order chi connectivity index (χ0) is 15.1. The molecule has 4 nitrogen and oxygen atoms in total. The highest BCUT2D eigenvalue weighted by Gasteiger charge is 2.51. The number of ether oxygens (including phenoxy) is 2. The van der Waals surface area contributed by atoms with Crippen LogP contribution >= 0.6 is 0 Å². The SMILES string of the molecule is CCOCCN(CCOCC)C1(CN)CCCC1(C)C. The van der Waals surface area contributed by atoms with Crippen molar-refractivity contribution < 1.29 is 9.47 Å². The Hall–Kier alpha value is -0.160. The standard InChI is InChI=1S/C16H34N2O2/c1-5-19-12-10-18(11-13-20-6-2)16(14-17)9-7-8-15(16,3)4/h5-14,17H2,1-4H3. The maximum atomic E-state index is 6.23. The second-order valence-corrected chi connectivity index (χ2v) is 6.35. The molecule has 0 radical (unpaired) electrons. The predicted octanol–water partition coefficient (Wildman–Crippen LogP) is 2.27. The molecule has 0 amide bonds. The third-order valence-corrected chi connectivity index (χ3v) is 5.01. The number of hydrogen-bond donors (Lipinski definition) is 1. The molecule has 1 aliphatic carbocycles. The van der Waals surface area contributed by atoms with Crippen LogP contribution in [0.3, 0.4) is 0 Å². The van der Waals surface area contributed by atoms with Gasteiger partial charge in [0.05, 0.1) is 13.2 Å². The lowest BCUT2D eigenvalue weighted by Crippen LogP contribution is -2.61. The maximum absolute atomic E-state index is 6.23. The van der Waals surface area contributed by atoms with Crippen molar-refractivity contribution in [1.82, 2.24) is 4.90 Å². The van der Waals surface area contributed by atoms with Crippen molar-refractivity contribution in [2.75, 3.05) is 46.1 Å². The molecule has 120 valence electrons. The largest absolute Gasteiger partial charge is 0.380 e. The molecule has 0 aliphatic heterocycles. The van der Waals surface area contributed by atoms with Crippen molar-refractivity contribution in [2.45, 2.75) is 52.5 Å². The summed E-state index contributed by atoms with van der Waals surface area (Å²) in [7, 11) is 0. The topological polar surface area (TPSA) is 47.7 Å². The first-order chi connectivity index (χ1) is 9.54. The lowest BCUT2D eigenvalue weighted by molar-refractivity contribution is -0.0234. The van der Waals surface area contributed by atoms with Gasteiger partial charge in [-0.25, -0.2) is 0 Å². The summed E-state index contributed by atoms with van der Waals surface area (Å²) in [6, 6.07) is 0. The van der Waals surface area contributed by atoms with E-state index in [1.807, 2.05) is 13.8 Å². The van der Waals surface area contributed by atoms with Crippen LogP contribution in [-0.4, -0.2) is 56.5 Å². The van der Waals surface area contributed by atoms with Crippen LogP contribution in [0.4, 0.5) is 0 Å². The molecule has 1 unspecified atom stereocenters. The fraction of sp³-hybridized carbons (Fsp3) is 1.00. The van der Waals surface area contributed by atoms with Crippen molar-refractivity contribution in [3.8, 4) is 0 Å². The molecular weight excluding hydrogens is 252 g/mol. The number of nitrogens with zero attached hydrogens (tertiary/aromatic N) is 1. The summed E-state index contributed by atoms with van der Waals surface area (Å²) in [5.41, 5.74) is 6.59. The minimum absolute atomic E-state index is 0.0984. The van der Waals surface area contributed by atoms with Crippen molar-refractivity contribution in [2.24, 2.45) is 11.1 Å². The molecule has 1 aliphatic rings. The fourth-order valence-corrected chi connectivity index (χ4v) is 3.67. The summed E-state index contributed by atoms with van der Waals surface area (Å²) in [5, 5.41) is 0. The van der Waals surface area contributed by atoms with E-state index in [4.69, 9.17) is 15.2 Å². The molecule has 4 heteroatoms. The molecule has 0 saturated heterocycles. The van der Waals surface area contributed by atoms with Gasteiger partial charge in [0.25, 0.3) is 0 Å². The minimum Gasteiger partial charge on any atom is -0.380 e. The minimum atomic E-state index is 0.0984. The van der Waals surface area contributed by atoms with Gasteiger partial charge < -0.3 is 15.2 Å². The van der Waals surface area contributed by atoms with Crippen LogP contribution in [0.5, 0.6) is 0 Å². The molecule has 0 spiro atoms. The van der Waals surface area contributed by atoms with Gasteiger partial charge in [-0.05, 0) is 32.1 Å². The molecule has 1 atom stereocenters. The number of nitrogens with two attached hydrogens (primary N) is 1. The summed E-state index contributed by atoms with van der Waals surface area (Å²) in [5.74, 6) is 0. The Bertz CT molecular complexity index is 261. The van der Waals surface area contributed by atoms with Gasteiger partial charge in [0, 0.05) is 38.4 Å². The third kappa shape index (κ3) is 3.94. The van der Waals surface area contributed by atoms with E-state index in [1.54, 1.807) is 0 Å². The Morgan fingerprint density at radius 1 is 1.00 bits per heavy atom. The monoisotopic (exact) mass is 286 g/mol. The van der Waals surface area contributed by atoms with E-state index >= 15 is 0 Å². The van der Waals surface area contributed by atoms with Gasteiger partial charge in [0.1, 0.15) is 0 Å². The van der Waals surface area contributed by atoms with E-state index in [0.717, 1.165) is 46.1 Å². The number of rotatable bonds is 10. The lowest BCUT2D eigenvalue weighted by Gasteiger charge is -2.49. The Kier molecular flexibility index (Phi) is 7.45. The Morgan fingerprint density at radius 2 is 1.55 bits per heavy atom. The summed E-state index contributed by atoms with van der Waals surface area (Å²) in [6.07, 6.45) is 3.71. The average Bonchev–Trinajstić information content (AvgIpc) is 2.73. The number of hydrogen-bond acceptors (Lipinski definition) is 4. The van der Waals surface area contributed by atoms with Crippen molar-refractivity contribution in [1.29, 1.82) is 0 Å². The smallest absolute Gasteiger partial charge is 0.0593 e. The second-order valence-electron chi connectivity index (χ2n) is 6.35. The first-order valence-electron chi connectivity index (χ1n) is 8.14. The molecule has 1 rings (SSSR count). The maximum Gasteiger partial charge on any atom is 0.0593 e. The molecule has 2 N–H and O–H groups in total. The van der Waals surface area contributed by atoms with E-state index < -0.39 is 0 Å². The van der Waals surface area contributed by atoms with Crippen LogP contribution < -0.4 is 5.73 Å². The average molecular weight is 286 g/mol. The lowest BCUT2D eigenvalue weighted by atomic mass is 9.73. The quantitative estimate of drug-likeness (QED) is 0.626.